The Hall–Kier alpha value is -1.03. The Morgan fingerprint density at radius 3 is 2.36 bits per heavy atom. The topological polar surface area (TPSA) is 52.9 Å². The molecule has 0 amide bonds. The van der Waals surface area contributed by atoms with Gasteiger partial charge >= 0.3 is 5.69 Å². The summed E-state index contributed by atoms with van der Waals surface area (Å²) in [5, 5.41) is 0. The molecule has 1 aromatic rings. The number of nitrogens with zero attached hydrogens (tertiary/aromatic N) is 2. The monoisotopic (exact) mass is 197 g/mol. The molecule has 0 spiro atoms. The van der Waals surface area contributed by atoms with Crippen molar-refractivity contribution in [1.29, 1.82) is 0 Å². The van der Waals surface area contributed by atoms with E-state index in [9.17, 15) is 4.79 Å². The highest BCUT2D eigenvalue weighted by Crippen LogP contribution is 2.11. The van der Waals surface area contributed by atoms with E-state index in [1.54, 1.807) is 15.3 Å². The van der Waals surface area contributed by atoms with Crippen LogP contribution in [-0.2, 0) is 5.54 Å². The van der Waals surface area contributed by atoms with Crippen molar-refractivity contribution >= 4 is 0 Å². The number of hydrogen-bond acceptors (Lipinski definition) is 2. The van der Waals surface area contributed by atoms with E-state index in [0.29, 0.717) is 6.54 Å². The van der Waals surface area contributed by atoms with Crippen LogP contribution in [-0.4, -0.2) is 15.7 Å². The van der Waals surface area contributed by atoms with Gasteiger partial charge in [-0.15, -0.1) is 0 Å². The first-order chi connectivity index (χ1) is 6.40. The molecule has 0 aliphatic rings. The summed E-state index contributed by atoms with van der Waals surface area (Å²) in [5.41, 5.74) is 5.32. The summed E-state index contributed by atoms with van der Waals surface area (Å²) in [7, 11) is 0. The fourth-order valence-electron chi connectivity index (χ4n) is 1.34. The molecule has 0 saturated carbocycles. The van der Waals surface area contributed by atoms with Gasteiger partial charge in [-0.05, 0) is 27.7 Å². The summed E-state index contributed by atoms with van der Waals surface area (Å²) in [6.45, 7) is 8.34. The Kier molecular flexibility index (Phi) is 2.85. The maximum Gasteiger partial charge on any atom is 0.328 e. The Morgan fingerprint density at radius 1 is 1.43 bits per heavy atom. The van der Waals surface area contributed by atoms with E-state index >= 15 is 0 Å². The second kappa shape index (κ2) is 3.61. The van der Waals surface area contributed by atoms with Gasteiger partial charge in [0, 0.05) is 25.0 Å². The minimum atomic E-state index is -0.308. The molecule has 4 nitrogen and oxygen atoms in total. The lowest BCUT2D eigenvalue weighted by Gasteiger charge is -2.23. The quantitative estimate of drug-likeness (QED) is 0.783. The van der Waals surface area contributed by atoms with E-state index < -0.39 is 0 Å². The lowest BCUT2D eigenvalue weighted by molar-refractivity contribution is 0.349. The highest BCUT2D eigenvalue weighted by Gasteiger charge is 2.21. The van der Waals surface area contributed by atoms with Crippen molar-refractivity contribution < 1.29 is 0 Å². The smallest absolute Gasteiger partial charge is 0.328 e. The molecule has 14 heavy (non-hydrogen) atoms. The Labute approximate surface area is 84.3 Å². The number of rotatable bonds is 3. The average molecular weight is 197 g/mol. The van der Waals surface area contributed by atoms with Crippen LogP contribution in [0.1, 0.15) is 33.7 Å². The first-order valence-corrected chi connectivity index (χ1v) is 4.90. The summed E-state index contributed by atoms with van der Waals surface area (Å²) in [5.74, 6) is 0. The molecule has 0 fully saturated rings. The van der Waals surface area contributed by atoms with Gasteiger partial charge in [0.2, 0.25) is 0 Å². The van der Waals surface area contributed by atoms with Gasteiger partial charge < -0.3 is 5.73 Å². The van der Waals surface area contributed by atoms with Crippen LogP contribution in [0.15, 0.2) is 17.2 Å². The van der Waals surface area contributed by atoms with Crippen LogP contribution >= 0.6 is 0 Å². The Bertz CT molecular complexity index is 360. The zero-order valence-corrected chi connectivity index (χ0v) is 9.32. The molecule has 1 rings (SSSR count). The molecule has 0 bridgehead atoms. The van der Waals surface area contributed by atoms with Gasteiger partial charge in [-0.2, -0.15) is 0 Å². The van der Waals surface area contributed by atoms with Gasteiger partial charge in [-0.3, -0.25) is 9.13 Å². The molecular weight excluding hydrogens is 178 g/mol. The van der Waals surface area contributed by atoms with Crippen molar-refractivity contribution in [2.45, 2.75) is 39.3 Å². The largest absolute Gasteiger partial charge is 0.328 e. The molecule has 0 unspecified atom stereocenters. The summed E-state index contributed by atoms with van der Waals surface area (Å²) in [6.07, 6.45) is 3.61. The second-order valence-electron chi connectivity index (χ2n) is 4.47. The number of hydrogen-bond donors (Lipinski definition) is 1. The van der Waals surface area contributed by atoms with Crippen LogP contribution in [0, 0.1) is 0 Å². The summed E-state index contributed by atoms with van der Waals surface area (Å²) >= 11 is 0. The lowest BCUT2D eigenvalue weighted by atomic mass is 10.1. The van der Waals surface area contributed by atoms with Crippen LogP contribution in [0.25, 0.3) is 0 Å². The zero-order valence-electron chi connectivity index (χ0n) is 9.32. The molecule has 0 radical (unpaired) electrons. The third-order valence-electron chi connectivity index (χ3n) is 2.51. The first-order valence-electron chi connectivity index (χ1n) is 4.90. The third-order valence-corrected chi connectivity index (χ3v) is 2.51. The van der Waals surface area contributed by atoms with E-state index in [0.717, 1.165) is 0 Å². The first kappa shape index (κ1) is 11.0. The maximum absolute atomic E-state index is 11.9. The third kappa shape index (κ3) is 1.75. The molecular formula is C10H19N3O. The maximum atomic E-state index is 11.9. The van der Waals surface area contributed by atoms with Gasteiger partial charge in [0.05, 0.1) is 5.54 Å². The van der Waals surface area contributed by atoms with E-state index in [1.165, 1.54) is 0 Å². The Morgan fingerprint density at radius 2 is 2.00 bits per heavy atom. The highest BCUT2D eigenvalue weighted by molar-refractivity contribution is 4.91. The molecule has 0 aliphatic carbocycles. The number of imidazole rings is 1. The lowest BCUT2D eigenvalue weighted by Crippen LogP contribution is -2.42. The van der Waals surface area contributed by atoms with Crippen LogP contribution in [0.2, 0.25) is 0 Å². The normalized spacial score (nSPS) is 12.4. The minimum Gasteiger partial charge on any atom is -0.328 e. The highest BCUT2D eigenvalue weighted by atomic mass is 16.1. The Balaban J connectivity index is 3.20. The minimum absolute atomic E-state index is 0.00968. The van der Waals surface area contributed by atoms with Crippen molar-refractivity contribution in [3.63, 3.8) is 0 Å². The molecule has 80 valence electrons. The van der Waals surface area contributed by atoms with E-state index in [4.69, 9.17) is 5.73 Å². The molecule has 2 N–H and O–H groups in total. The summed E-state index contributed by atoms with van der Waals surface area (Å²) < 4.78 is 3.39. The van der Waals surface area contributed by atoms with Crippen LogP contribution in [0.4, 0.5) is 0 Å². The van der Waals surface area contributed by atoms with Crippen LogP contribution in [0.5, 0.6) is 0 Å². The molecule has 0 aliphatic heterocycles. The van der Waals surface area contributed by atoms with Crippen molar-refractivity contribution in [2.75, 3.05) is 6.54 Å². The summed E-state index contributed by atoms with van der Waals surface area (Å²) in [4.78, 5) is 11.9. The van der Waals surface area contributed by atoms with Gasteiger partial charge in [0.15, 0.2) is 0 Å². The van der Waals surface area contributed by atoms with Crippen molar-refractivity contribution in [3.8, 4) is 0 Å². The zero-order chi connectivity index (χ0) is 10.9. The molecule has 4 heteroatoms. The fourth-order valence-corrected chi connectivity index (χ4v) is 1.34. The van der Waals surface area contributed by atoms with Crippen molar-refractivity contribution in [3.05, 3.63) is 22.9 Å². The van der Waals surface area contributed by atoms with Crippen molar-refractivity contribution in [2.24, 2.45) is 5.73 Å². The number of nitrogens with two attached hydrogens (primary N) is 1. The predicted molar refractivity (Wildman–Crippen MR) is 57.5 cm³/mol. The molecule has 0 saturated heterocycles. The fraction of sp³-hybridized carbons (Fsp3) is 0.700. The van der Waals surface area contributed by atoms with Crippen LogP contribution < -0.4 is 11.4 Å². The average Bonchev–Trinajstić information content (AvgIpc) is 2.47. The number of aromatic nitrogens is 2. The standard InChI is InChI=1S/C10H19N3O/c1-8(2)12-5-6-13(9(12)14)10(3,4)7-11/h5-6,8H,7,11H2,1-4H3. The molecule has 0 atom stereocenters. The van der Waals surface area contributed by atoms with Crippen molar-refractivity contribution in [1.82, 2.24) is 9.13 Å². The van der Waals surface area contributed by atoms with Crippen LogP contribution in [0.3, 0.4) is 0 Å². The van der Waals surface area contributed by atoms with Gasteiger partial charge in [-0.25, -0.2) is 4.79 Å². The van der Waals surface area contributed by atoms with Gasteiger partial charge in [0.1, 0.15) is 0 Å². The van der Waals surface area contributed by atoms with E-state index in [2.05, 4.69) is 0 Å². The van der Waals surface area contributed by atoms with Gasteiger partial charge in [-0.1, -0.05) is 0 Å². The molecule has 1 heterocycles. The molecule has 0 aromatic carbocycles. The summed E-state index contributed by atoms with van der Waals surface area (Å²) in [6, 6.07) is 0.192. The SMILES string of the molecule is CC(C)n1ccn(C(C)(C)CN)c1=O. The predicted octanol–water partition coefficient (Wildman–Crippen LogP) is 0.925. The second-order valence-corrected chi connectivity index (χ2v) is 4.47. The van der Waals surface area contributed by atoms with E-state index in [-0.39, 0.29) is 17.3 Å². The van der Waals surface area contributed by atoms with Gasteiger partial charge in [0.25, 0.3) is 0 Å². The molecule has 1 aromatic heterocycles. The van der Waals surface area contributed by atoms with E-state index in [1.807, 2.05) is 33.9 Å².